The Kier molecular flexibility index (Phi) is 7.87. The fourth-order valence-electron chi connectivity index (χ4n) is 3.75. The van der Waals surface area contributed by atoms with Gasteiger partial charge in [-0.25, -0.2) is 0 Å². The van der Waals surface area contributed by atoms with E-state index in [9.17, 15) is 0 Å². The molecule has 2 rings (SSSR count). The van der Waals surface area contributed by atoms with Crippen LogP contribution in [0.1, 0.15) is 6.42 Å². The van der Waals surface area contributed by atoms with E-state index in [1.807, 2.05) is 0 Å². The van der Waals surface area contributed by atoms with Crippen LogP contribution in [0.5, 0.6) is 0 Å². The molecule has 1 atom stereocenters. The zero-order valence-electron chi connectivity index (χ0n) is 17.4. The predicted molar refractivity (Wildman–Crippen MR) is 109 cm³/mol. The van der Waals surface area contributed by atoms with Crippen molar-refractivity contribution in [2.45, 2.75) is 64.4 Å². The standard InChI is InChI=1S/C15H36O7Si4/c1-23(2)19-24(3,4)21-26(7,22-25(5,6)20-23)12-8-9-16-13-15-14-17-10-11-18-15/h15H,8-14H2,1-7H3. The molecule has 0 aromatic carbocycles. The van der Waals surface area contributed by atoms with Gasteiger partial charge in [-0.2, -0.15) is 0 Å². The van der Waals surface area contributed by atoms with Gasteiger partial charge in [-0.3, -0.25) is 0 Å². The summed E-state index contributed by atoms with van der Waals surface area (Å²) in [6, 6.07) is 0.872. The van der Waals surface area contributed by atoms with Crippen molar-refractivity contribution in [3.05, 3.63) is 0 Å². The summed E-state index contributed by atoms with van der Waals surface area (Å²) in [4.78, 5) is 0. The first-order valence-electron chi connectivity index (χ1n) is 9.48. The molecule has 7 nitrogen and oxygen atoms in total. The van der Waals surface area contributed by atoms with Gasteiger partial charge in [0.1, 0.15) is 6.10 Å². The highest BCUT2D eigenvalue weighted by atomic mass is 28.5. The molecule has 0 aromatic heterocycles. The predicted octanol–water partition coefficient (Wildman–Crippen LogP) is 3.07. The van der Waals surface area contributed by atoms with Gasteiger partial charge in [0.25, 0.3) is 0 Å². The van der Waals surface area contributed by atoms with Crippen molar-refractivity contribution in [3.8, 4) is 0 Å². The molecule has 154 valence electrons. The summed E-state index contributed by atoms with van der Waals surface area (Å²) in [6.07, 6.45) is 0.948. The van der Waals surface area contributed by atoms with E-state index in [1.165, 1.54) is 0 Å². The van der Waals surface area contributed by atoms with Gasteiger partial charge in [0.05, 0.1) is 26.4 Å². The third kappa shape index (κ3) is 7.91. The summed E-state index contributed by atoms with van der Waals surface area (Å²) in [5.74, 6) is 0. The van der Waals surface area contributed by atoms with E-state index in [4.69, 9.17) is 30.7 Å². The van der Waals surface area contributed by atoms with E-state index in [0.717, 1.165) is 12.5 Å². The smallest absolute Gasteiger partial charge is 0.317 e. The van der Waals surface area contributed by atoms with Crippen LogP contribution < -0.4 is 0 Å². The molecule has 0 aromatic rings. The molecular formula is C15H36O7Si4. The lowest BCUT2D eigenvalue weighted by Crippen LogP contribution is -2.65. The third-order valence-corrected chi connectivity index (χ3v) is 20.5. The lowest BCUT2D eigenvalue weighted by atomic mass is 10.4. The van der Waals surface area contributed by atoms with Crippen LogP contribution in [0.4, 0.5) is 0 Å². The van der Waals surface area contributed by atoms with Gasteiger partial charge in [-0.1, -0.05) is 0 Å². The summed E-state index contributed by atoms with van der Waals surface area (Å²) >= 11 is 0. The zero-order chi connectivity index (χ0) is 19.5. The normalized spacial score (nSPS) is 30.3. The SMILES string of the molecule is C[Si]1(C)O[Si](C)(C)O[Si](C)(CCCOCC2COCCO2)O[Si](C)(C)O1. The first-order valence-corrected chi connectivity index (χ1v) is 20.5. The Labute approximate surface area is 162 Å². The van der Waals surface area contributed by atoms with E-state index in [1.54, 1.807) is 0 Å². The van der Waals surface area contributed by atoms with Crippen LogP contribution in [0.2, 0.25) is 51.9 Å². The fraction of sp³-hybridized carbons (Fsp3) is 1.00. The molecule has 0 N–H and O–H groups in total. The highest BCUT2D eigenvalue weighted by molar-refractivity contribution is 6.93. The Balaban J connectivity index is 1.84. The molecule has 0 saturated carbocycles. The quantitative estimate of drug-likeness (QED) is 0.464. The molecule has 2 aliphatic rings. The first-order chi connectivity index (χ1) is 11.9. The average Bonchev–Trinajstić information content (AvgIpc) is 2.42. The van der Waals surface area contributed by atoms with Crippen molar-refractivity contribution in [1.29, 1.82) is 0 Å². The lowest BCUT2D eigenvalue weighted by Gasteiger charge is -2.47. The number of rotatable bonds is 6. The van der Waals surface area contributed by atoms with Crippen LogP contribution >= 0.6 is 0 Å². The van der Waals surface area contributed by atoms with Crippen molar-refractivity contribution >= 4 is 34.2 Å². The monoisotopic (exact) mass is 440 g/mol. The van der Waals surface area contributed by atoms with Crippen molar-refractivity contribution < 1.29 is 30.7 Å². The molecule has 11 heteroatoms. The maximum atomic E-state index is 6.56. The summed E-state index contributed by atoms with van der Waals surface area (Å²) in [6.45, 7) is 17.9. The maximum Gasteiger partial charge on any atom is 0.317 e. The van der Waals surface area contributed by atoms with Crippen LogP contribution in [0.3, 0.4) is 0 Å². The Morgan fingerprint density at radius 3 is 1.92 bits per heavy atom. The molecule has 0 spiro atoms. The molecule has 0 bridgehead atoms. The molecule has 2 fully saturated rings. The third-order valence-electron chi connectivity index (χ3n) is 4.01. The van der Waals surface area contributed by atoms with Gasteiger partial charge in [-0.05, 0) is 58.3 Å². The van der Waals surface area contributed by atoms with E-state index in [-0.39, 0.29) is 6.10 Å². The summed E-state index contributed by atoms with van der Waals surface area (Å²) in [5.41, 5.74) is 0. The number of hydrogen-bond donors (Lipinski definition) is 0. The summed E-state index contributed by atoms with van der Waals surface area (Å²) in [7, 11) is -9.17. The maximum absolute atomic E-state index is 6.56. The minimum absolute atomic E-state index is 0.0529. The Morgan fingerprint density at radius 2 is 1.38 bits per heavy atom. The van der Waals surface area contributed by atoms with E-state index in [0.29, 0.717) is 33.0 Å². The average molecular weight is 441 g/mol. The minimum Gasteiger partial charge on any atom is -0.416 e. The van der Waals surface area contributed by atoms with E-state index < -0.39 is 34.2 Å². The van der Waals surface area contributed by atoms with Crippen LogP contribution in [0.25, 0.3) is 0 Å². The van der Waals surface area contributed by atoms with Gasteiger partial charge < -0.3 is 30.7 Å². The summed E-state index contributed by atoms with van der Waals surface area (Å²) in [5, 5.41) is 0. The van der Waals surface area contributed by atoms with Crippen LogP contribution in [-0.4, -0.2) is 73.4 Å². The molecule has 0 aliphatic carbocycles. The van der Waals surface area contributed by atoms with Gasteiger partial charge in [-0.15, -0.1) is 0 Å². The van der Waals surface area contributed by atoms with Crippen molar-refractivity contribution in [2.75, 3.05) is 33.0 Å². The van der Waals surface area contributed by atoms with Crippen LogP contribution in [0.15, 0.2) is 0 Å². The highest BCUT2D eigenvalue weighted by Crippen LogP contribution is 2.32. The van der Waals surface area contributed by atoms with Gasteiger partial charge in [0.2, 0.25) is 0 Å². The second-order valence-corrected chi connectivity index (χ2v) is 22.9. The second kappa shape index (κ2) is 8.94. The van der Waals surface area contributed by atoms with E-state index >= 15 is 0 Å². The van der Waals surface area contributed by atoms with Crippen LogP contribution in [-0.2, 0) is 30.7 Å². The van der Waals surface area contributed by atoms with E-state index in [2.05, 4.69) is 45.8 Å². The molecule has 26 heavy (non-hydrogen) atoms. The minimum atomic E-state index is -2.38. The van der Waals surface area contributed by atoms with Gasteiger partial charge in [0.15, 0.2) is 0 Å². The fourth-order valence-corrected chi connectivity index (χ4v) is 25.3. The molecule has 2 heterocycles. The molecule has 2 saturated heterocycles. The second-order valence-electron chi connectivity index (χ2n) is 8.49. The molecular weight excluding hydrogens is 405 g/mol. The topological polar surface area (TPSA) is 64.6 Å². The van der Waals surface area contributed by atoms with Crippen molar-refractivity contribution in [2.24, 2.45) is 0 Å². The zero-order valence-corrected chi connectivity index (χ0v) is 21.4. The van der Waals surface area contributed by atoms with Crippen molar-refractivity contribution in [1.82, 2.24) is 0 Å². The number of hydrogen-bond acceptors (Lipinski definition) is 7. The molecule has 2 aliphatic heterocycles. The van der Waals surface area contributed by atoms with Gasteiger partial charge >= 0.3 is 34.2 Å². The van der Waals surface area contributed by atoms with Crippen molar-refractivity contribution in [3.63, 3.8) is 0 Å². The summed E-state index contributed by atoms with van der Waals surface area (Å²) < 4.78 is 42.6. The highest BCUT2D eigenvalue weighted by Gasteiger charge is 2.52. The Bertz CT molecular complexity index is 433. The van der Waals surface area contributed by atoms with Crippen LogP contribution in [0, 0.1) is 0 Å². The molecule has 1 unspecified atom stereocenters. The lowest BCUT2D eigenvalue weighted by molar-refractivity contribution is -0.115. The molecule has 0 amide bonds. The molecule has 0 radical (unpaired) electrons. The number of ether oxygens (including phenoxy) is 3. The Morgan fingerprint density at radius 1 is 0.808 bits per heavy atom. The van der Waals surface area contributed by atoms with Gasteiger partial charge in [0, 0.05) is 6.61 Å². The first kappa shape index (κ1) is 22.9. The largest absolute Gasteiger partial charge is 0.416 e. The Hall–Kier alpha value is 0.588.